The van der Waals surface area contributed by atoms with Gasteiger partial charge in [0.05, 0.1) is 5.04 Å². The van der Waals surface area contributed by atoms with Gasteiger partial charge in [0.25, 0.3) is 0 Å². The standard InChI is InChI=1S/C23H29N3O3S/c1-3-4-14-25-22(27)20(15-17-10-12-19(13-11-17)21(24)30-2)26-23(28)29-16-18-8-6-5-7-9-18/h5-13,20,24H,3-4,14-16H2,1-2H3,(H,25,27)(H,26,28). The number of carbonyl (C=O) groups is 2. The first-order chi connectivity index (χ1) is 14.5. The first kappa shape index (κ1) is 23.5. The van der Waals surface area contributed by atoms with Crippen molar-refractivity contribution in [1.82, 2.24) is 10.6 Å². The van der Waals surface area contributed by atoms with Gasteiger partial charge in [0.1, 0.15) is 12.6 Å². The molecule has 0 radical (unpaired) electrons. The smallest absolute Gasteiger partial charge is 0.408 e. The van der Waals surface area contributed by atoms with Crippen molar-refractivity contribution in [1.29, 1.82) is 5.41 Å². The molecule has 0 bridgehead atoms. The van der Waals surface area contributed by atoms with Crippen LogP contribution in [0, 0.1) is 5.41 Å². The van der Waals surface area contributed by atoms with Crippen LogP contribution in [-0.2, 0) is 22.6 Å². The summed E-state index contributed by atoms with van der Waals surface area (Å²) in [5.41, 5.74) is 2.60. The molecule has 0 aliphatic carbocycles. The van der Waals surface area contributed by atoms with Crippen molar-refractivity contribution in [2.45, 2.75) is 38.8 Å². The summed E-state index contributed by atoms with van der Waals surface area (Å²) in [6.07, 6.45) is 3.42. The molecule has 30 heavy (non-hydrogen) atoms. The largest absolute Gasteiger partial charge is 0.445 e. The Kier molecular flexibility index (Phi) is 9.94. The SMILES string of the molecule is CCCCNC(=O)C(Cc1ccc(C(=N)SC)cc1)NC(=O)OCc1ccccc1. The number of rotatable bonds is 10. The van der Waals surface area contributed by atoms with Gasteiger partial charge in [-0.05, 0) is 23.8 Å². The predicted octanol–water partition coefficient (Wildman–Crippen LogP) is 4.13. The van der Waals surface area contributed by atoms with Gasteiger partial charge < -0.3 is 15.4 Å². The van der Waals surface area contributed by atoms with Crippen LogP contribution in [0.1, 0.15) is 36.5 Å². The van der Waals surface area contributed by atoms with Crippen molar-refractivity contribution in [2.24, 2.45) is 0 Å². The molecule has 0 heterocycles. The third-order valence-corrected chi connectivity index (χ3v) is 5.15. The van der Waals surface area contributed by atoms with E-state index >= 15 is 0 Å². The number of ether oxygens (including phenoxy) is 1. The van der Waals surface area contributed by atoms with E-state index in [1.165, 1.54) is 11.8 Å². The van der Waals surface area contributed by atoms with Gasteiger partial charge in [0.15, 0.2) is 0 Å². The fourth-order valence-electron chi connectivity index (χ4n) is 2.77. The van der Waals surface area contributed by atoms with Crippen LogP contribution in [0.4, 0.5) is 4.79 Å². The zero-order chi connectivity index (χ0) is 21.8. The van der Waals surface area contributed by atoms with Crippen LogP contribution in [-0.4, -0.2) is 35.9 Å². The Morgan fingerprint density at radius 3 is 2.40 bits per heavy atom. The molecule has 0 aliphatic heterocycles. The fourth-order valence-corrected chi connectivity index (χ4v) is 3.15. The average molecular weight is 428 g/mol. The minimum atomic E-state index is -0.740. The topological polar surface area (TPSA) is 91.3 Å². The lowest BCUT2D eigenvalue weighted by molar-refractivity contribution is -0.123. The van der Waals surface area contributed by atoms with E-state index in [-0.39, 0.29) is 12.5 Å². The van der Waals surface area contributed by atoms with E-state index in [0.29, 0.717) is 18.0 Å². The zero-order valence-electron chi connectivity index (χ0n) is 17.4. The summed E-state index contributed by atoms with van der Waals surface area (Å²) in [6, 6.07) is 16.1. The van der Waals surface area contributed by atoms with Crippen molar-refractivity contribution in [3.8, 4) is 0 Å². The van der Waals surface area contributed by atoms with Crippen LogP contribution in [0.25, 0.3) is 0 Å². The number of unbranched alkanes of at least 4 members (excludes halogenated alkanes) is 1. The highest BCUT2D eigenvalue weighted by Gasteiger charge is 2.22. The minimum absolute atomic E-state index is 0.141. The van der Waals surface area contributed by atoms with E-state index < -0.39 is 12.1 Å². The summed E-state index contributed by atoms with van der Waals surface area (Å²) in [4.78, 5) is 24.9. The van der Waals surface area contributed by atoms with Crippen LogP contribution in [0.5, 0.6) is 0 Å². The van der Waals surface area contributed by atoms with Crippen molar-refractivity contribution in [2.75, 3.05) is 12.8 Å². The maximum atomic E-state index is 12.6. The van der Waals surface area contributed by atoms with Crippen molar-refractivity contribution < 1.29 is 14.3 Å². The summed E-state index contributed by atoms with van der Waals surface area (Å²) in [7, 11) is 0. The summed E-state index contributed by atoms with van der Waals surface area (Å²) >= 11 is 1.37. The molecule has 3 N–H and O–H groups in total. The first-order valence-electron chi connectivity index (χ1n) is 10.00. The van der Waals surface area contributed by atoms with E-state index in [1.807, 2.05) is 60.9 Å². The van der Waals surface area contributed by atoms with Gasteiger partial charge in [0.2, 0.25) is 5.91 Å². The van der Waals surface area contributed by atoms with Gasteiger partial charge in [-0.25, -0.2) is 4.79 Å². The number of thioether (sulfide) groups is 1. The number of amides is 2. The molecule has 1 atom stereocenters. The Bertz CT molecular complexity index is 825. The second-order valence-corrected chi connectivity index (χ2v) is 7.65. The molecule has 0 saturated heterocycles. The van der Waals surface area contributed by atoms with E-state index in [0.717, 1.165) is 29.5 Å². The lowest BCUT2D eigenvalue weighted by Gasteiger charge is -2.19. The van der Waals surface area contributed by atoms with Crippen LogP contribution >= 0.6 is 11.8 Å². The Balaban J connectivity index is 2.01. The quantitative estimate of drug-likeness (QED) is 0.302. The summed E-state index contributed by atoms with van der Waals surface area (Å²) < 4.78 is 5.28. The van der Waals surface area contributed by atoms with Gasteiger partial charge in [-0.2, -0.15) is 0 Å². The fraction of sp³-hybridized carbons (Fsp3) is 0.348. The molecule has 1 unspecified atom stereocenters. The summed E-state index contributed by atoms with van der Waals surface area (Å²) in [6.45, 7) is 2.76. The lowest BCUT2D eigenvalue weighted by atomic mass is 10.0. The maximum Gasteiger partial charge on any atom is 0.408 e. The molecule has 0 saturated carbocycles. The minimum Gasteiger partial charge on any atom is -0.445 e. The predicted molar refractivity (Wildman–Crippen MR) is 122 cm³/mol. The summed E-state index contributed by atoms with van der Waals surface area (Å²) in [5, 5.41) is 13.9. The second kappa shape index (κ2) is 12.7. The molecule has 2 aromatic carbocycles. The molecule has 0 fully saturated rings. The maximum absolute atomic E-state index is 12.6. The number of carbonyl (C=O) groups excluding carboxylic acids is 2. The van der Waals surface area contributed by atoms with Crippen LogP contribution < -0.4 is 10.6 Å². The Hall–Kier alpha value is -2.80. The number of hydrogen-bond donors (Lipinski definition) is 3. The monoisotopic (exact) mass is 427 g/mol. The van der Waals surface area contributed by atoms with Crippen LogP contribution in [0.15, 0.2) is 54.6 Å². The first-order valence-corrected chi connectivity index (χ1v) is 11.2. The Morgan fingerprint density at radius 2 is 1.77 bits per heavy atom. The molecular weight excluding hydrogens is 398 g/mol. The van der Waals surface area contributed by atoms with Gasteiger partial charge in [-0.1, -0.05) is 67.9 Å². The van der Waals surface area contributed by atoms with E-state index in [9.17, 15) is 9.59 Å². The van der Waals surface area contributed by atoms with Gasteiger partial charge in [-0.15, -0.1) is 11.8 Å². The van der Waals surface area contributed by atoms with Gasteiger partial charge in [0, 0.05) is 18.5 Å². The number of alkyl carbamates (subject to hydrolysis) is 1. The highest BCUT2D eigenvalue weighted by atomic mass is 32.2. The third-order valence-electron chi connectivity index (χ3n) is 4.51. The number of benzene rings is 2. The van der Waals surface area contributed by atoms with Gasteiger partial charge >= 0.3 is 6.09 Å². The normalized spacial score (nSPS) is 11.4. The molecule has 6 nitrogen and oxygen atoms in total. The Morgan fingerprint density at radius 1 is 1.07 bits per heavy atom. The molecule has 2 amide bonds. The molecule has 0 spiro atoms. The van der Waals surface area contributed by atoms with E-state index in [1.54, 1.807) is 0 Å². The van der Waals surface area contributed by atoms with E-state index in [4.69, 9.17) is 10.1 Å². The zero-order valence-corrected chi connectivity index (χ0v) is 18.3. The Labute approximate surface area is 182 Å². The van der Waals surface area contributed by atoms with Crippen LogP contribution in [0.3, 0.4) is 0 Å². The third kappa shape index (κ3) is 7.91. The molecule has 0 aromatic heterocycles. The highest BCUT2D eigenvalue weighted by Crippen LogP contribution is 2.12. The van der Waals surface area contributed by atoms with Crippen LogP contribution in [0.2, 0.25) is 0 Å². The second-order valence-electron chi connectivity index (χ2n) is 6.84. The molecule has 160 valence electrons. The molecule has 0 aliphatic rings. The van der Waals surface area contributed by atoms with Crippen molar-refractivity contribution >= 4 is 28.8 Å². The average Bonchev–Trinajstić information content (AvgIpc) is 2.78. The molecule has 2 aromatic rings. The van der Waals surface area contributed by atoms with Crippen molar-refractivity contribution in [3.05, 3.63) is 71.3 Å². The van der Waals surface area contributed by atoms with E-state index in [2.05, 4.69) is 17.6 Å². The lowest BCUT2D eigenvalue weighted by Crippen LogP contribution is -2.48. The number of nitrogens with one attached hydrogen (secondary N) is 3. The summed E-state index contributed by atoms with van der Waals surface area (Å²) in [5.74, 6) is -0.235. The number of hydrogen-bond acceptors (Lipinski definition) is 5. The van der Waals surface area contributed by atoms with Crippen molar-refractivity contribution in [3.63, 3.8) is 0 Å². The molecule has 2 rings (SSSR count). The molecule has 7 heteroatoms. The van der Waals surface area contributed by atoms with Gasteiger partial charge in [-0.3, -0.25) is 10.2 Å². The highest BCUT2D eigenvalue weighted by molar-refractivity contribution is 8.13. The molecular formula is C23H29N3O3S.